The van der Waals surface area contributed by atoms with E-state index in [-0.39, 0.29) is 5.56 Å². The maximum absolute atomic E-state index is 13.4. The number of nitrogens with zero attached hydrogens (tertiary/aromatic N) is 3. The van der Waals surface area contributed by atoms with Crippen LogP contribution in [0.1, 0.15) is 22.6 Å². The van der Waals surface area contributed by atoms with E-state index in [0.29, 0.717) is 28.0 Å². The van der Waals surface area contributed by atoms with E-state index in [1.165, 1.54) is 38.6 Å². The van der Waals surface area contributed by atoms with E-state index in [4.69, 9.17) is 9.47 Å². The summed E-state index contributed by atoms with van der Waals surface area (Å²) in [5.74, 6) is -0.403. The Hall–Kier alpha value is -3.34. The molecule has 0 aliphatic heterocycles. The minimum absolute atomic E-state index is 0.142. The second kappa shape index (κ2) is 7.11. The van der Waals surface area contributed by atoms with Crippen molar-refractivity contribution in [1.29, 1.82) is 5.26 Å². The Kier molecular flexibility index (Phi) is 4.86. The first kappa shape index (κ1) is 18.5. The van der Waals surface area contributed by atoms with Crippen LogP contribution in [0.5, 0.6) is 11.5 Å². The quantitative estimate of drug-likeness (QED) is 0.681. The predicted molar refractivity (Wildman–Crippen MR) is 91.5 cm³/mol. The van der Waals surface area contributed by atoms with Crippen LogP contribution in [0.4, 0.5) is 13.2 Å². The van der Waals surface area contributed by atoms with Crippen molar-refractivity contribution >= 4 is 10.9 Å². The van der Waals surface area contributed by atoms with Gasteiger partial charge in [-0.3, -0.25) is 0 Å². The number of ether oxygens (including phenoxy) is 2. The lowest BCUT2D eigenvalue weighted by Gasteiger charge is -2.18. The summed E-state index contributed by atoms with van der Waals surface area (Å²) >= 11 is 0. The van der Waals surface area contributed by atoms with Crippen LogP contribution in [0.15, 0.2) is 42.6 Å². The lowest BCUT2D eigenvalue weighted by molar-refractivity contribution is -0.138. The molecule has 27 heavy (non-hydrogen) atoms. The van der Waals surface area contributed by atoms with Crippen molar-refractivity contribution in [2.75, 3.05) is 14.2 Å². The van der Waals surface area contributed by atoms with Crippen molar-refractivity contribution in [2.45, 2.75) is 12.1 Å². The number of methoxy groups -OCH3 is 2. The summed E-state index contributed by atoms with van der Waals surface area (Å²) in [7, 11) is 2.90. The van der Waals surface area contributed by atoms with Gasteiger partial charge in [-0.15, -0.1) is 0 Å². The Labute approximate surface area is 153 Å². The van der Waals surface area contributed by atoms with Crippen LogP contribution >= 0.6 is 0 Å². The first-order valence-electron chi connectivity index (χ1n) is 7.83. The maximum Gasteiger partial charge on any atom is 0.416 e. The number of aromatic nitrogens is 2. The fourth-order valence-electron chi connectivity index (χ4n) is 2.95. The molecule has 8 heteroatoms. The average Bonchev–Trinajstić information content (AvgIpc) is 2.67. The molecule has 1 heterocycles. The summed E-state index contributed by atoms with van der Waals surface area (Å²) in [5.41, 5.74) is -0.311. The Morgan fingerprint density at radius 3 is 2.33 bits per heavy atom. The highest BCUT2D eigenvalue weighted by Gasteiger charge is 2.36. The first-order valence-corrected chi connectivity index (χ1v) is 7.83. The molecular weight excluding hydrogens is 359 g/mol. The lowest BCUT2D eigenvalue weighted by atomic mass is 9.88. The summed E-state index contributed by atoms with van der Waals surface area (Å²) in [6.07, 6.45) is -3.28. The molecule has 2 aromatic carbocycles. The SMILES string of the molecule is COc1cc2nncc(C(C#N)c3ccccc3C(F)(F)F)c2cc1OC. The van der Waals surface area contributed by atoms with Gasteiger partial charge in [-0.25, -0.2) is 0 Å². The van der Waals surface area contributed by atoms with Crippen LogP contribution in [0, 0.1) is 11.3 Å². The third-order valence-corrected chi connectivity index (χ3v) is 4.19. The number of benzene rings is 2. The van der Waals surface area contributed by atoms with Crippen molar-refractivity contribution in [3.05, 3.63) is 59.3 Å². The summed E-state index contributed by atoms with van der Waals surface area (Å²) in [6.45, 7) is 0. The fourth-order valence-corrected chi connectivity index (χ4v) is 2.95. The summed E-state index contributed by atoms with van der Waals surface area (Å²) in [4.78, 5) is 0. The fraction of sp³-hybridized carbons (Fsp3) is 0.211. The van der Waals surface area contributed by atoms with Crippen LogP contribution < -0.4 is 9.47 Å². The standard InChI is InChI=1S/C19H14F3N3O2/c1-26-17-7-12-14(10-24-25-16(12)8-18(17)27-2)13(9-23)11-5-3-4-6-15(11)19(20,21)22/h3-8,10,13H,1-2H3. The molecule has 0 aliphatic rings. The zero-order valence-corrected chi connectivity index (χ0v) is 14.4. The molecule has 0 saturated heterocycles. The lowest BCUT2D eigenvalue weighted by Crippen LogP contribution is -2.12. The normalized spacial score (nSPS) is 12.4. The first-order chi connectivity index (χ1) is 12.9. The molecule has 0 amide bonds. The predicted octanol–water partition coefficient (Wildman–Crippen LogP) is 4.32. The van der Waals surface area contributed by atoms with Gasteiger partial charge >= 0.3 is 6.18 Å². The Bertz CT molecular complexity index is 1030. The summed E-state index contributed by atoms with van der Waals surface area (Å²) in [6, 6.07) is 10.1. The van der Waals surface area contributed by atoms with Crippen LogP contribution in [0.25, 0.3) is 10.9 Å². The number of alkyl halides is 3. The molecule has 0 bridgehead atoms. The maximum atomic E-state index is 13.4. The molecule has 1 aromatic heterocycles. The zero-order valence-electron chi connectivity index (χ0n) is 14.4. The molecule has 3 aromatic rings. The molecular formula is C19H14F3N3O2. The third kappa shape index (κ3) is 3.36. The van der Waals surface area contributed by atoms with Gasteiger partial charge in [-0.05, 0) is 17.7 Å². The molecule has 0 N–H and O–H groups in total. The van der Waals surface area contributed by atoms with Crippen LogP contribution in [0.3, 0.4) is 0 Å². The van der Waals surface area contributed by atoms with Crippen LogP contribution in [-0.4, -0.2) is 24.4 Å². The molecule has 5 nitrogen and oxygen atoms in total. The van der Waals surface area contributed by atoms with E-state index in [1.54, 1.807) is 12.1 Å². The van der Waals surface area contributed by atoms with E-state index in [9.17, 15) is 18.4 Å². The summed E-state index contributed by atoms with van der Waals surface area (Å²) < 4.78 is 50.7. The molecule has 138 valence electrons. The van der Waals surface area contributed by atoms with Crippen molar-refractivity contribution in [3.63, 3.8) is 0 Å². The number of halogens is 3. The Morgan fingerprint density at radius 1 is 1.04 bits per heavy atom. The number of fused-ring (bicyclic) bond motifs is 1. The summed E-state index contributed by atoms with van der Waals surface area (Å²) in [5, 5.41) is 18.0. The van der Waals surface area contributed by atoms with Gasteiger partial charge in [-0.2, -0.15) is 28.6 Å². The highest BCUT2D eigenvalue weighted by molar-refractivity contribution is 5.86. The number of hydrogen-bond acceptors (Lipinski definition) is 5. The highest BCUT2D eigenvalue weighted by Crippen LogP contribution is 2.40. The van der Waals surface area contributed by atoms with Crippen LogP contribution in [-0.2, 0) is 6.18 Å². The minimum Gasteiger partial charge on any atom is -0.493 e. The number of hydrogen-bond donors (Lipinski definition) is 0. The van der Waals surface area contributed by atoms with E-state index in [1.807, 2.05) is 6.07 Å². The van der Waals surface area contributed by atoms with Crippen molar-refractivity contribution in [2.24, 2.45) is 0 Å². The van der Waals surface area contributed by atoms with E-state index < -0.39 is 17.7 Å². The molecule has 0 fully saturated rings. The molecule has 0 saturated carbocycles. The van der Waals surface area contributed by atoms with E-state index in [2.05, 4.69) is 10.2 Å². The number of nitriles is 1. The van der Waals surface area contributed by atoms with Crippen molar-refractivity contribution in [1.82, 2.24) is 10.2 Å². The molecule has 0 spiro atoms. The molecule has 1 atom stereocenters. The van der Waals surface area contributed by atoms with Gasteiger partial charge in [0.1, 0.15) is 0 Å². The van der Waals surface area contributed by atoms with Crippen LogP contribution in [0.2, 0.25) is 0 Å². The average molecular weight is 373 g/mol. The monoisotopic (exact) mass is 373 g/mol. The molecule has 3 rings (SSSR count). The second-order valence-corrected chi connectivity index (χ2v) is 5.67. The van der Waals surface area contributed by atoms with Gasteiger partial charge in [0.2, 0.25) is 0 Å². The molecule has 0 aliphatic carbocycles. The van der Waals surface area contributed by atoms with E-state index in [0.717, 1.165) is 6.07 Å². The van der Waals surface area contributed by atoms with Gasteiger partial charge < -0.3 is 9.47 Å². The molecule has 1 unspecified atom stereocenters. The Balaban J connectivity index is 2.27. The van der Waals surface area contributed by atoms with Gasteiger partial charge in [0, 0.05) is 17.0 Å². The minimum atomic E-state index is -4.58. The second-order valence-electron chi connectivity index (χ2n) is 5.67. The third-order valence-electron chi connectivity index (χ3n) is 4.19. The van der Waals surface area contributed by atoms with Crippen molar-refractivity contribution in [3.8, 4) is 17.6 Å². The smallest absolute Gasteiger partial charge is 0.416 e. The van der Waals surface area contributed by atoms with Crippen molar-refractivity contribution < 1.29 is 22.6 Å². The number of rotatable bonds is 4. The molecule has 0 radical (unpaired) electrons. The Morgan fingerprint density at radius 2 is 1.70 bits per heavy atom. The topological polar surface area (TPSA) is 68.0 Å². The zero-order chi connectivity index (χ0) is 19.6. The highest BCUT2D eigenvalue weighted by atomic mass is 19.4. The largest absolute Gasteiger partial charge is 0.493 e. The van der Waals surface area contributed by atoms with Gasteiger partial charge in [0.25, 0.3) is 0 Å². The van der Waals surface area contributed by atoms with Gasteiger partial charge in [0.15, 0.2) is 11.5 Å². The van der Waals surface area contributed by atoms with Gasteiger partial charge in [-0.1, -0.05) is 18.2 Å². The van der Waals surface area contributed by atoms with Gasteiger partial charge in [0.05, 0.1) is 43.5 Å². The van der Waals surface area contributed by atoms with E-state index >= 15 is 0 Å².